The summed E-state index contributed by atoms with van der Waals surface area (Å²) in [6.07, 6.45) is 2.54. The monoisotopic (exact) mass is 296 g/mol. The summed E-state index contributed by atoms with van der Waals surface area (Å²) in [5, 5.41) is 3.52. The highest BCUT2D eigenvalue weighted by Gasteiger charge is 2.21. The van der Waals surface area contributed by atoms with E-state index in [-0.39, 0.29) is 0 Å². The number of halogens is 1. The number of hydrogen-bond donors (Lipinski definition) is 1. The predicted octanol–water partition coefficient (Wildman–Crippen LogP) is 3.28. The Morgan fingerprint density at radius 1 is 1.35 bits per heavy atom. The van der Waals surface area contributed by atoms with Gasteiger partial charge in [-0.25, -0.2) is 0 Å². The van der Waals surface area contributed by atoms with Gasteiger partial charge < -0.3 is 10.2 Å². The van der Waals surface area contributed by atoms with Crippen LogP contribution in [0.4, 0.5) is 5.69 Å². The Bertz CT molecular complexity index is 337. The van der Waals surface area contributed by atoms with Gasteiger partial charge in [-0.3, -0.25) is 0 Å². The average molecular weight is 297 g/mol. The van der Waals surface area contributed by atoms with E-state index in [9.17, 15) is 0 Å². The lowest BCUT2D eigenvalue weighted by molar-refractivity contribution is 0.516. The van der Waals surface area contributed by atoms with E-state index >= 15 is 0 Å². The number of nitrogens with zero attached hydrogens (tertiary/aromatic N) is 1. The second-order valence-electron chi connectivity index (χ2n) is 4.78. The van der Waals surface area contributed by atoms with Crippen LogP contribution in [-0.4, -0.2) is 26.2 Å². The van der Waals surface area contributed by atoms with Crippen molar-refractivity contribution in [3.05, 3.63) is 28.7 Å². The molecule has 1 unspecified atom stereocenters. The van der Waals surface area contributed by atoms with Crippen LogP contribution in [0, 0.1) is 5.92 Å². The normalized spacial score (nSPS) is 19.9. The number of rotatable bonds is 5. The van der Waals surface area contributed by atoms with Crippen LogP contribution < -0.4 is 10.2 Å². The Labute approximate surface area is 113 Å². The van der Waals surface area contributed by atoms with Crippen LogP contribution in [0.1, 0.15) is 19.8 Å². The first-order valence-electron chi connectivity index (χ1n) is 6.51. The van der Waals surface area contributed by atoms with Gasteiger partial charge in [0.25, 0.3) is 0 Å². The Kier molecular flexibility index (Phi) is 4.86. The first kappa shape index (κ1) is 12.9. The van der Waals surface area contributed by atoms with Gasteiger partial charge in [-0.05, 0) is 56.1 Å². The zero-order valence-corrected chi connectivity index (χ0v) is 12.0. The first-order valence-corrected chi connectivity index (χ1v) is 7.30. The van der Waals surface area contributed by atoms with Crippen LogP contribution in [0.5, 0.6) is 0 Å². The van der Waals surface area contributed by atoms with Gasteiger partial charge in [0.1, 0.15) is 0 Å². The molecule has 0 radical (unpaired) electrons. The van der Waals surface area contributed by atoms with E-state index in [2.05, 4.69) is 57.3 Å². The number of nitrogens with one attached hydrogen (secondary N) is 1. The highest BCUT2D eigenvalue weighted by atomic mass is 79.9. The molecule has 2 rings (SSSR count). The molecule has 0 amide bonds. The van der Waals surface area contributed by atoms with Crippen molar-refractivity contribution in [1.29, 1.82) is 0 Å². The molecule has 0 bridgehead atoms. The minimum absolute atomic E-state index is 0.810. The van der Waals surface area contributed by atoms with Crippen molar-refractivity contribution in [2.45, 2.75) is 19.8 Å². The minimum Gasteiger partial charge on any atom is -0.371 e. The van der Waals surface area contributed by atoms with Gasteiger partial charge in [0.2, 0.25) is 0 Å². The van der Waals surface area contributed by atoms with Gasteiger partial charge in [0.05, 0.1) is 0 Å². The van der Waals surface area contributed by atoms with E-state index in [0.717, 1.165) is 16.9 Å². The summed E-state index contributed by atoms with van der Waals surface area (Å²) in [5.41, 5.74) is 1.35. The largest absolute Gasteiger partial charge is 0.371 e. The van der Waals surface area contributed by atoms with Crippen LogP contribution in [0.15, 0.2) is 28.7 Å². The van der Waals surface area contributed by atoms with E-state index in [1.165, 1.54) is 38.2 Å². The third-order valence-corrected chi connectivity index (χ3v) is 3.87. The molecule has 1 N–H and O–H groups in total. The smallest absolute Gasteiger partial charge is 0.0367 e. The molecule has 1 fully saturated rings. The summed E-state index contributed by atoms with van der Waals surface area (Å²) < 4.78 is 1.15. The van der Waals surface area contributed by atoms with Crippen LogP contribution in [-0.2, 0) is 0 Å². The van der Waals surface area contributed by atoms with Crippen LogP contribution in [0.3, 0.4) is 0 Å². The summed E-state index contributed by atoms with van der Waals surface area (Å²) in [5.74, 6) is 0.810. The third kappa shape index (κ3) is 3.71. The fourth-order valence-electron chi connectivity index (χ4n) is 2.37. The molecule has 1 atom stereocenters. The van der Waals surface area contributed by atoms with Crippen molar-refractivity contribution in [3.8, 4) is 0 Å². The van der Waals surface area contributed by atoms with Gasteiger partial charge in [0, 0.05) is 23.2 Å². The molecular weight excluding hydrogens is 276 g/mol. The van der Waals surface area contributed by atoms with Crippen molar-refractivity contribution in [1.82, 2.24) is 5.32 Å². The van der Waals surface area contributed by atoms with E-state index in [4.69, 9.17) is 0 Å². The number of anilines is 1. The Morgan fingerprint density at radius 2 is 2.12 bits per heavy atom. The van der Waals surface area contributed by atoms with Gasteiger partial charge in [-0.1, -0.05) is 22.9 Å². The standard InChI is InChI=1S/C14H21BrN2/c1-2-8-16-10-12-7-9-17(11-12)14-5-3-13(15)4-6-14/h3-6,12,16H,2,7-11H2,1H3. The topological polar surface area (TPSA) is 15.3 Å². The maximum absolute atomic E-state index is 3.52. The maximum atomic E-state index is 3.52. The van der Waals surface area contributed by atoms with Crippen molar-refractivity contribution in [2.75, 3.05) is 31.1 Å². The highest BCUT2D eigenvalue weighted by Crippen LogP contribution is 2.24. The molecule has 0 spiro atoms. The molecule has 1 heterocycles. The second kappa shape index (κ2) is 6.41. The lowest BCUT2D eigenvalue weighted by Crippen LogP contribution is -2.26. The summed E-state index contributed by atoms with van der Waals surface area (Å²) in [6, 6.07) is 8.65. The highest BCUT2D eigenvalue weighted by molar-refractivity contribution is 9.10. The molecule has 1 aliphatic rings. The quantitative estimate of drug-likeness (QED) is 0.839. The molecule has 1 aliphatic heterocycles. The maximum Gasteiger partial charge on any atom is 0.0367 e. The molecule has 1 aromatic rings. The first-order chi connectivity index (χ1) is 8.29. The van der Waals surface area contributed by atoms with Gasteiger partial charge in [-0.15, -0.1) is 0 Å². The molecule has 0 saturated carbocycles. The molecule has 1 saturated heterocycles. The van der Waals surface area contributed by atoms with Crippen molar-refractivity contribution in [2.24, 2.45) is 5.92 Å². The third-order valence-electron chi connectivity index (χ3n) is 3.34. The van der Waals surface area contributed by atoms with E-state index in [1.807, 2.05) is 0 Å². The summed E-state index contributed by atoms with van der Waals surface area (Å²) in [7, 11) is 0. The molecule has 94 valence electrons. The molecule has 1 aromatic carbocycles. The van der Waals surface area contributed by atoms with E-state index < -0.39 is 0 Å². The predicted molar refractivity (Wildman–Crippen MR) is 77.6 cm³/mol. The minimum atomic E-state index is 0.810. The fourth-order valence-corrected chi connectivity index (χ4v) is 2.63. The van der Waals surface area contributed by atoms with Crippen molar-refractivity contribution >= 4 is 21.6 Å². The summed E-state index contributed by atoms with van der Waals surface area (Å²) in [4.78, 5) is 2.49. The van der Waals surface area contributed by atoms with Gasteiger partial charge in [0.15, 0.2) is 0 Å². The second-order valence-corrected chi connectivity index (χ2v) is 5.70. The number of hydrogen-bond acceptors (Lipinski definition) is 2. The zero-order valence-electron chi connectivity index (χ0n) is 10.5. The Balaban J connectivity index is 1.83. The van der Waals surface area contributed by atoms with E-state index in [1.54, 1.807) is 0 Å². The molecule has 0 aliphatic carbocycles. The zero-order chi connectivity index (χ0) is 12.1. The lowest BCUT2D eigenvalue weighted by atomic mass is 10.1. The van der Waals surface area contributed by atoms with E-state index in [0.29, 0.717) is 0 Å². The SMILES string of the molecule is CCCNCC1CCN(c2ccc(Br)cc2)C1. The van der Waals surface area contributed by atoms with Crippen LogP contribution in [0.2, 0.25) is 0 Å². The molecule has 3 heteroatoms. The summed E-state index contributed by atoms with van der Waals surface area (Å²) in [6.45, 7) is 6.92. The lowest BCUT2D eigenvalue weighted by Gasteiger charge is -2.19. The Hall–Kier alpha value is -0.540. The number of benzene rings is 1. The van der Waals surface area contributed by atoms with Crippen molar-refractivity contribution in [3.63, 3.8) is 0 Å². The van der Waals surface area contributed by atoms with Gasteiger partial charge >= 0.3 is 0 Å². The molecule has 2 nitrogen and oxygen atoms in total. The summed E-state index contributed by atoms with van der Waals surface area (Å²) >= 11 is 3.48. The Morgan fingerprint density at radius 3 is 2.82 bits per heavy atom. The molecular formula is C14H21BrN2. The van der Waals surface area contributed by atoms with Crippen molar-refractivity contribution < 1.29 is 0 Å². The molecule has 17 heavy (non-hydrogen) atoms. The van der Waals surface area contributed by atoms with Crippen LogP contribution in [0.25, 0.3) is 0 Å². The van der Waals surface area contributed by atoms with Gasteiger partial charge in [-0.2, -0.15) is 0 Å². The average Bonchev–Trinajstić information content (AvgIpc) is 2.79. The molecule has 0 aromatic heterocycles. The van der Waals surface area contributed by atoms with Crippen LogP contribution >= 0.6 is 15.9 Å². The fraction of sp³-hybridized carbons (Fsp3) is 0.571.